The van der Waals surface area contributed by atoms with Crippen molar-refractivity contribution in [1.82, 2.24) is 0 Å². The van der Waals surface area contributed by atoms with Gasteiger partial charge in [0, 0.05) is 5.25 Å². The Kier molecular flexibility index (Phi) is 2.45. The first-order chi connectivity index (χ1) is 4.20. The molecule has 9 heavy (non-hydrogen) atoms. The molecule has 0 spiro atoms. The molecular weight excluding hydrogens is 128 g/mol. The summed E-state index contributed by atoms with van der Waals surface area (Å²) in [6, 6.07) is 0. The highest BCUT2D eigenvalue weighted by Crippen LogP contribution is 2.31. The molecule has 0 aromatic carbocycles. The minimum atomic E-state index is 0.691. The van der Waals surface area contributed by atoms with Crippen LogP contribution in [0.1, 0.15) is 33.1 Å². The van der Waals surface area contributed by atoms with Crippen LogP contribution in [0.3, 0.4) is 0 Å². The normalized spacial score (nSPS) is 45.0. The van der Waals surface area contributed by atoms with Crippen LogP contribution in [0.4, 0.5) is 0 Å². The van der Waals surface area contributed by atoms with Crippen LogP contribution in [0.25, 0.3) is 0 Å². The second kappa shape index (κ2) is 2.96. The fourth-order valence-corrected chi connectivity index (χ4v) is 2.00. The highest BCUT2D eigenvalue weighted by atomic mass is 32.1. The van der Waals surface area contributed by atoms with Gasteiger partial charge in [-0.1, -0.05) is 13.8 Å². The Labute approximate surface area is 63.4 Å². The quantitative estimate of drug-likeness (QED) is 0.497. The van der Waals surface area contributed by atoms with E-state index in [1.54, 1.807) is 0 Å². The largest absolute Gasteiger partial charge is 0.176 e. The van der Waals surface area contributed by atoms with E-state index in [0.29, 0.717) is 5.25 Å². The van der Waals surface area contributed by atoms with E-state index in [4.69, 9.17) is 0 Å². The van der Waals surface area contributed by atoms with Crippen LogP contribution in [0.2, 0.25) is 0 Å². The minimum absolute atomic E-state index is 0.691. The van der Waals surface area contributed by atoms with Crippen molar-refractivity contribution in [2.75, 3.05) is 0 Å². The van der Waals surface area contributed by atoms with Gasteiger partial charge in [0.2, 0.25) is 0 Å². The summed E-state index contributed by atoms with van der Waals surface area (Å²) in [5.41, 5.74) is 0. The Morgan fingerprint density at radius 1 is 1.11 bits per heavy atom. The zero-order valence-corrected chi connectivity index (χ0v) is 7.20. The number of thiol groups is 1. The first-order valence-electron chi connectivity index (χ1n) is 3.88. The van der Waals surface area contributed by atoms with Crippen LogP contribution >= 0.6 is 12.6 Å². The van der Waals surface area contributed by atoms with Gasteiger partial charge in [0.15, 0.2) is 0 Å². The van der Waals surface area contributed by atoms with Crippen LogP contribution in [0, 0.1) is 11.8 Å². The minimum Gasteiger partial charge on any atom is -0.176 e. The third-order valence-corrected chi connectivity index (χ3v) is 3.04. The summed E-state index contributed by atoms with van der Waals surface area (Å²) in [5, 5.41) is 0.691. The van der Waals surface area contributed by atoms with E-state index < -0.39 is 0 Å². The van der Waals surface area contributed by atoms with Gasteiger partial charge in [-0.25, -0.2) is 0 Å². The van der Waals surface area contributed by atoms with Crippen molar-refractivity contribution in [3.63, 3.8) is 0 Å². The second-order valence-electron chi connectivity index (χ2n) is 3.42. The molecule has 0 radical (unpaired) electrons. The molecule has 1 fully saturated rings. The molecule has 1 aliphatic rings. The molecule has 0 bridgehead atoms. The molecule has 0 aliphatic heterocycles. The molecule has 1 heteroatoms. The van der Waals surface area contributed by atoms with E-state index in [9.17, 15) is 0 Å². The van der Waals surface area contributed by atoms with Gasteiger partial charge in [0.1, 0.15) is 0 Å². The molecule has 0 N–H and O–H groups in total. The number of hydrogen-bond donors (Lipinski definition) is 1. The van der Waals surface area contributed by atoms with Crippen molar-refractivity contribution in [3.05, 3.63) is 0 Å². The van der Waals surface area contributed by atoms with Crippen molar-refractivity contribution in [3.8, 4) is 0 Å². The van der Waals surface area contributed by atoms with E-state index in [-0.39, 0.29) is 0 Å². The van der Waals surface area contributed by atoms with Gasteiger partial charge in [0.25, 0.3) is 0 Å². The van der Waals surface area contributed by atoms with Gasteiger partial charge in [0.05, 0.1) is 0 Å². The maximum absolute atomic E-state index is 4.46. The van der Waals surface area contributed by atoms with E-state index in [0.717, 1.165) is 11.8 Å². The van der Waals surface area contributed by atoms with Gasteiger partial charge in [-0.2, -0.15) is 12.6 Å². The summed E-state index contributed by atoms with van der Waals surface area (Å²) in [6.07, 6.45) is 4.04. The zero-order chi connectivity index (χ0) is 6.85. The van der Waals surface area contributed by atoms with Gasteiger partial charge >= 0.3 is 0 Å². The fourth-order valence-electron chi connectivity index (χ4n) is 1.52. The lowest BCUT2D eigenvalue weighted by Crippen LogP contribution is -2.20. The van der Waals surface area contributed by atoms with Crippen molar-refractivity contribution < 1.29 is 0 Å². The highest BCUT2D eigenvalue weighted by molar-refractivity contribution is 7.80. The third kappa shape index (κ3) is 1.89. The molecule has 2 unspecified atom stereocenters. The summed E-state index contributed by atoms with van der Waals surface area (Å²) in [4.78, 5) is 0. The Hall–Kier alpha value is 0.350. The van der Waals surface area contributed by atoms with Crippen molar-refractivity contribution in [2.24, 2.45) is 11.8 Å². The van der Waals surface area contributed by atoms with Gasteiger partial charge in [-0.05, 0) is 31.1 Å². The van der Waals surface area contributed by atoms with Gasteiger partial charge < -0.3 is 0 Å². The molecule has 0 nitrogen and oxygen atoms in total. The molecule has 1 aliphatic carbocycles. The first-order valence-corrected chi connectivity index (χ1v) is 4.40. The lowest BCUT2D eigenvalue weighted by Gasteiger charge is -2.29. The summed E-state index contributed by atoms with van der Waals surface area (Å²) >= 11 is 4.46. The van der Waals surface area contributed by atoms with Crippen molar-refractivity contribution in [1.29, 1.82) is 0 Å². The molecule has 54 valence electrons. The Morgan fingerprint density at radius 3 is 2.22 bits per heavy atom. The molecule has 0 aromatic rings. The van der Waals surface area contributed by atoms with E-state index in [1.807, 2.05) is 0 Å². The molecule has 0 saturated heterocycles. The molecule has 1 saturated carbocycles. The van der Waals surface area contributed by atoms with Crippen molar-refractivity contribution in [2.45, 2.75) is 38.4 Å². The number of hydrogen-bond acceptors (Lipinski definition) is 1. The lowest BCUT2D eigenvalue weighted by atomic mass is 9.81. The third-order valence-electron chi connectivity index (χ3n) is 2.57. The Bertz CT molecular complexity index is 90.6. The predicted octanol–water partition coefficient (Wildman–Crippen LogP) is 2.74. The Balaban J connectivity index is 2.35. The fraction of sp³-hybridized carbons (Fsp3) is 1.00. The Morgan fingerprint density at radius 2 is 1.78 bits per heavy atom. The van der Waals surface area contributed by atoms with Crippen LogP contribution in [0.5, 0.6) is 0 Å². The van der Waals surface area contributed by atoms with Gasteiger partial charge in [-0.3, -0.25) is 0 Å². The van der Waals surface area contributed by atoms with Crippen molar-refractivity contribution >= 4 is 12.6 Å². The maximum atomic E-state index is 4.46. The maximum Gasteiger partial charge on any atom is 0.00195 e. The average Bonchev–Trinajstić information content (AvgIpc) is 1.80. The molecule has 0 amide bonds. The summed E-state index contributed by atoms with van der Waals surface area (Å²) < 4.78 is 0. The average molecular weight is 144 g/mol. The summed E-state index contributed by atoms with van der Waals surface area (Å²) in [7, 11) is 0. The first kappa shape index (κ1) is 7.46. The van der Waals surface area contributed by atoms with Crippen LogP contribution in [-0.4, -0.2) is 5.25 Å². The number of rotatable bonds is 0. The SMILES string of the molecule is CC1CC(S)CC[C@@H]1C. The molecular formula is C8H16S. The molecule has 3 atom stereocenters. The predicted molar refractivity (Wildman–Crippen MR) is 45.0 cm³/mol. The lowest BCUT2D eigenvalue weighted by molar-refractivity contribution is 0.284. The highest BCUT2D eigenvalue weighted by Gasteiger charge is 2.21. The topological polar surface area (TPSA) is 0 Å². The molecule has 1 rings (SSSR count). The summed E-state index contributed by atoms with van der Waals surface area (Å²) in [6.45, 7) is 4.69. The monoisotopic (exact) mass is 144 g/mol. The molecule has 0 aromatic heterocycles. The van der Waals surface area contributed by atoms with Gasteiger partial charge in [-0.15, -0.1) is 0 Å². The van der Waals surface area contributed by atoms with Crippen LogP contribution in [-0.2, 0) is 0 Å². The zero-order valence-electron chi connectivity index (χ0n) is 6.30. The second-order valence-corrected chi connectivity index (χ2v) is 4.15. The van der Waals surface area contributed by atoms with Crippen LogP contribution in [0.15, 0.2) is 0 Å². The smallest absolute Gasteiger partial charge is 0.00195 e. The van der Waals surface area contributed by atoms with E-state index >= 15 is 0 Å². The van der Waals surface area contributed by atoms with Crippen LogP contribution < -0.4 is 0 Å². The standard InChI is InChI=1S/C8H16S/c1-6-3-4-8(9)5-7(6)2/h6-9H,3-5H2,1-2H3/t6-,7?,8?/m0/s1. The van der Waals surface area contributed by atoms with E-state index in [1.165, 1.54) is 19.3 Å². The van der Waals surface area contributed by atoms with E-state index in [2.05, 4.69) is 26.5 Å². The summed E-state index contributed by atoms with van der Waals surface area (Å²) in [5.74, 6) is 1.84. The molecule has 0 heterocycles.